The lowest BCUT2D eigenvalue weighted by molar-refractivity contribution is -0.141. The number of aromatic nitrogens is 1. The van der Waals surface area contributed by atoms with E-state index in [0.717, 1.165) is 11.4 Å². The molecule has 1 aromatic carbocycles. The summed E-state index contributed by atoms with van der Waals surface area (Å²) in [7, 11) is 3.88. The van der Waals surface area contributed by atoms with Crippen molar-refractivity contribution in [2.45, 2.75) is 19.3 Å². The Labute approximate surface area is 160 Å². The summed E-state index contributed by atoms with van der Waals surface area (Å²) >= 11 is 1.22. The van der Waals surface area contributed by atoms with Gasteiger partial charge in [0.2, 0.25) is 17.7 Å². The fourth-order valence-electron chi connectivity index (χ4n) is 2.89. The van der Waals surface area contributed by atoms with Crippen molar-refractivity contribution in [3.63, 3.8) is 0 Å². The smallest absolute Gasteiger partial charge is 0.248 e. The van der Waals surface area contributed by atoms with Crippen LogP contribution in [0.2, 0.25) is 0 Å². The number of thiazole rings is 1. The quantitative estimate of drug-likeness (QED) is 0.673. The van der Waals surface area contributed by atoms with Gasteiger partial charge in [0, 0.05) is 19.4 Å². The molecule has 7 nitrogen and oxygen atoms in total. The Morgan fingerprint density at radius 2 is 1.93 bits per heavy atom. The van der Waals surface area contributed by atoms with Gasteiger partial charge in [0.05, 0.1) is 10.2 Å². The van der Waals surface area contributed by atoms with E-state index in [-0.39, 0.29) is 42.9 Å². The van der Waals surface area contributed by atoms with Crippen molar-refractivity contribution in [3.05, 3.63) is 24.0 Å². The van der Waals surface area contributed by atoms with Crippen LogP contribution in [0.3, 0.4) is 0 Å². The van der Waals surface area contributed by atoms with Crippen LogP contribution in [0.1, 0.15) is 19.3 Å². The summed E-state index contributed by atoms with van der Waals surface area (Å²) in [4.78, 5) is 45.5. The van der Waals surface area contributed by atoms with Gasteiger partial charge in [-0.15, -0.1) is 0 Å². The molecular formula is C18H21FN4O3S. The second-order valence-electron chi connectivity index (χ2n) is 6.68. The lowest BCUT2D eigenvalue weighted by Gasteiger charge is -2.23. The zero-order chi connectivity index (χ0) is 19.6. The van der Waals surface area contributed by atoms with E-state index in [0.29, 0.717) is 28.3 Å². The van der Waals surface area contributed by atoms with Gasteiger partial charge in [-0.3, -0.25) is 24.2 Å². The van der Waals surface area contributed by atoms with E-state index in [9.17, 15) is 18.8 Å². The Balaban J connectivity index is 1.83. The van der Waals surface area contributed by atoms with Crippen LogP contribution in [0.25, 0.3) is 10.2 Å². The Hall–Kier alpha value is -2.39. The number of carbonyl (C=O) groups is 3. The van der Waals surface area contributed by atoms with Gasteiger partial charge in [-0.2, -0.15) is 0 Å². The molecule has 0 aliphatic carbocycles. The van der Waals surface area contributed by atoms with Gasteiger partial charge in [0.25, 0.3) is 0 Å². The van der Waals surface area contributed by atoms with E-state index in [1.165, 1.54) is 28.4 Å². The average Bonchev–Trinajstić information content (AvgIpc) is 3.15. The van der Waals surface area contributed by atoms with Crippen LogP contribution in [0.15, 0.2) is 18.2 Å². The molecule has 0 radical (unpaired) electrons. The number of carbonyl (C=O) groups excluding carboxylic acids is 3. The van der Waals surface area contributed by atoms with Gasteiger partial charge in [0.1, 0.15) is 12.4 Å². The number of fused-ring (bicyclic) bond motifs is 1. The highest BCUT2D eigenvalue weighted by Crippen LogP contribution is 2.30. The molecule has 1 fully saturated rings. The highest BCUT2D eigenvalue weighted by molar-refractivity contribution is 7.22. The fourth-order valence-corrected chi connectivity index (χ4v) is 3.93. The van der Waals surface area contributed by atoms with Crippen LogP contribution in [0.5, 0.6) is 0 Å². The summed E-state index contributed by atoms with van der Waals surface area (Å²) in [6.07, 6.45) is 0.991. The van der Waals surface area contributed by atoms with Crippen LogP contribution in [-0.2, 0) is 14.4 Å². The van der Waals surface area contributed by atoms with Crippen molar-refractivity contribution < 1.29 is 18.8 Å². The second-order valence-corrected chi connectivity index (χ2v) is 7.69. The van der Waals surface area contributed by atoms with Crippen LogP contribution in [-0.4, -0.2) is 66.2 Å². The first kappa shape index (κ1) is 19.4. The first-order chi connectivity index (χ1) is 12.8. The van der Waals surface area contributed by atoms with E-state index in [2.05, 4.69) is 4.98 Å². The molecule has 9 heteroatoms. The first-order valence-electron chi connectivity index (χ1n) is 8.69. The maximum atomic E-state index is 13.5. The Bertz CT molecular complexity index is 867. The van der Waals surface area contributed by atoms with E-state index in [4.69, 9.17) is 0 Å². The maximum Gasteiger partial charge on any atom is 0.248 e. The van der Waals surface area contributed by atoms with Crippen molar-refractivity contribution in [3.8, 4) is 0 Å². The van der Waals surface area contributed by atoms with Crippen molar-refractivity contribution in [2.75, 3.05) is 38.6 Å². The lowest BCUT2D eigenvalue weighted by Crippen LogP contribution is -2.43. The number of likely N-dealkylation sites (tertiary alicyclic amines) is 1. The Morgan fingerprint density at radius 1 is 1.22 bits per heavy atom. The lowest BCUT2D eigenvalue weighted by atomic mass is 10.3. The monoisotopic (exact) mass is 392 g/mol. The van der Waals surface area contributed by atoms with Gasteiger partial charge in [-0.25, -0.2) is 9.37 Å². The number of amides is 3. The molecule has 1 saturated heterocycles. The molecule has 1 aromatic heterocycles. The van der Waals surface area contributed by atoms with Gasteiger partial charge in [-0.05, 0) is 45.3 Å². The Morgan fingerprint density at radius 3 is 2.59 bits per heavy atom. The molecule has 3 amide bonds. The first-order valence-corrected chi connectivity index (χ1v) is 9.51. The van der Waals surface area contributed by atoms with Gasteiger partial charge in [-0.1, -0.05) is 11.3 Å². The molecule has 1 aliphatic heterocycles. The maximum absolute atomic E-state index is 13.5. The largest absolute Gasteiger partial charge is 0.309 e. The van der Waals surface area contributed by atoms with Crippen LogP contribution >= 0.6 is 11.3 Å². The minimum absolute atomic E-state index is 0.146. The molecule has 27 heavy (non-hydrogen) atoms. The molecule has 0 unspecified atom stereocenters. The van der Waals surface area contributed by atoms with Gasteiger partial charge in [0.15, 0.2) is 5.13 Å². The number of nitrogens with zero attached hydrogens (tertiary/aromatic N) is 4. The third-order valence-corrected chi connectivity index (χ3v) is 5.35. The third-order valence-electron chi connectivity index (χ3n) is 4.31. The normalized spacial score (nSPS) is 14.6. The molecule has 0 saturated carbocycles. The minimum Gasteiger partial charge on any atom is -0.309 e. The second kappa shape index (κ2) is 8.10. The molecular weight excluding hydrogens is 371 g/mol. The van der Waals surface area contributed by atoms with Crippen LogP contribution in [0.4, 0.5) is 9.52 Å². The zero-order valence-corrected chi connectivity index (χ0v) is 16.1. The molecule has 1 aliphatic rings. The summed E-state index contributed by atoms with van der Waals surface area (Å²) in [6.45, 7) is 0.879. The standard InChI is InChI=1S/C18H21FN4O3S/c1-21(2)8-3-9-22(17(26)11-23-15(24)6-7-16(23)25)18-20-13-5-4-12(19)10-14(13)27-18/h4-5,10H,3,6-9,11H2,1-2H3. The van der Waals surface area contributed by atoms with Crippen LogP contribution in [0, 0.1) is 5.82 Å². The Kier molecular flexibility index (Phi) is 5.81. The molecule has 3 rings (SSSR count). The number of anilines is 1. The summed E-state index contributed by atoms with van der Waals surface area (Å²) in [5, 5.41) is 0.443. The summed E-state index contributed by atoms with van der Waals surface area (Å²) in [6, 6.07) is 4.28. The molecule has 2 aromatic rings. The molecule has 144 valence electrons. The number of hydrogen-bond donors (Lipinski definition) is 0. The van der Waals surface area contributed by atoms with Crippen molar-refractivity contribution in [1.82, 2.24) is 14.8 Å². The molecule has 2 heterocycles. The fraction of sp³-hybridized carbons (Fsp3) is 0.444. The number of hydrogen-bond acceptors (Lipinski definition) is 6. The van der Waals surface area contributed by atoms with E-state index in [1.807, 2.05) is 19.0 Å². The molecule has 0 bridgehead atoms. The highest BCUT2D eigenvalue weighted by Gasteiger charge is 2.32. The number of benzene rings is 1. The summed E-state index contributed by atoms with van der Waals surface area (Å²) < 4.78 is 14.1. The number of halogens is 1. The number of rotatable bonds is 7. The van der Waals surface area contributed by atoms with Crippen LogP contribution < -0.4 is 4.90 Å². The predicted molar refractivity (Wildman–Crippen MR) is 101 cm³/mol. The predicted octanol–water partition coefficient (Wildman–Crippen LogP) is 1.87. The van der Waals surface area contributed by atoms with Gasteiger partial charge >= 0.3 is 0 Å². The SMILES string of the molecule is CN(C)CCCN(C(=O)CN1C(=O)CCC1=O)c1nc2ccc(F)cc2s1. The van der Waals surface area contributed by atoms with Crippen molar-refractivity contribution >= 4 is 44.4 Å². The molecule has 0 N–H and O–H groups in total. The zero-order valence-electron chi connectivity index (χ0n) is 15.3. The van der Waals surface area contributed by atoms with Crippen molar-refractivity contribution in [2.24, 2.45) is 0 Å². The number of imide groups is 1. The van der Waals surface area contributed by atoms with E-state index in [1.54, 1.807) is 6.07 Å². The topological polar surface area (TPSA) is 73.8 Å². The highest BCUT2D eigenvalue weighted by atomic mass is 32.1. The van der Waals surface area contributed by atoms with Crippen molar-refractivity contribution in [1.29, 1.82) is 0 Å². The van der Waals surface area contributed by atoms with E-state index >= 15 is 0 Å². The molecule has 0 atom stereocenters. The van der Waals surface area contributed by atoms with Gasteiger partial charge < -0.3 is 4.90 Å². The average molecular weight is 392 g/mol. The van der Waals surface area contributed by atoms with E-state index < -0.39 is 0 Å². The summed E-state index contributed by atoms with van der Waals surface area (Å²) in [5.74, 6) is -1.38. The molecule has 0 spiro atoms. The minimum atomic E-state index is -0.364. The summed E-state index contributed by atoms with van der Waals surface area (Å²) in [5.41, 5.74) is 0.607. The third kappa shape index (κ3) is 4.48.